The van der Waals surface area contributed by atoms with Crippen LogP contribution in [0, 0.1) is 18.3 Å². The van der Waals surface area contributed by atoms with Gasteiger partial charge in [0.2, 0.25) is 5.91 Å². The lowest BCUT2D eigenvalue weighted by molar-refractivity contribution is -0.140. The summed E-state index contributed by atoms with van der Waals surface area (Å²) < 4.78 is 68.8. The van der Waals surface area contributed by atoms with Crippen molar-refractivity contribution in [1.29, 1.82) is 5.26 Å². The number of unbranched alkanes of at least 4 members (excludes halogenated alkanes) is 7. The Morgan fingerprint density at radius 1 is 1.02 bits per heavy atom. The van der Waals surface area contributed by atoms with E-state index in [0.717, 1.165) is 31.5 Å². The van der Waals surface area contributed by atoms with E-state index in [4.69, 9.17) is 5.26 Å². The van der Waals surface area contributed by atoms with Gasteiger partial charge in [-0.2, -0.15) is 23.5 Å². The van der Waals surface area contributed by atoms with Crippen LogP contribution in [-0.4, -0.2) is 65.1 Å². The van der Waals surface area contributed by atoms with E-state index in [-0.39, 0.29) is 23.8 Å². The van der Waals surface area contributed by atoms with Crippen LogP contribution in [0.25, 0.3) is 5.69 Å². The molecular formula is C38H49F3N6O5S. The average molecular weight is 759 g/mol. The van der Waals surface area contributed by atoms with Crippen LogP contribution < -0.4 is 15.5 Å². The van der Waals surface area contributed by atoms with E-state index in [2.05, 4.69) is 28.7 Å². The van der Waals surface area contributed by atoms with Crippen LogP contribution in [-0.2, 0) is 25.6 Å². The molecule has 2 heterocycles. The summed E-state index contributed by atoms with van der Waals surface area (Å²) in [6, 6.07) is 13.1. The van der Waals surface area contributed by atoms with Gasteiger partial charge in [-0.15, -0.1) is 0 Å². The number of sulfone groups is 1. The van der Waals surface area contributed by atoms with Gasteiger partial charge in [0, 0.05) is 25.2 Å². The van der Waals surface area contributed by atoms with E-state index in [1.807, 2.05) is 0 Å². The summed E-state index contributed by atoms with van der Waals surface area (Å²) in [5.74, 6) is -1.36. The Hall–Kier alpha value is -4.42. The molecule has 1 aliphatic carbocycles. The summed E-state index contributed by atoms with van der Waals surface area (Å²) in [5, 5.41) is 27.8. The Kier molecular flexibility index (Phi) is 14.1. The quantitative estimate of drug-likeness (QED) is 0.126. The number of carbonyl (C=O) groups excluding carboxylic acids is 1. The number of anilines is 2. The van der Waals surface area contributed by atoms with Gasteiger partial charge in [-0.25, -0.2) is 17.9 Å². The Balaban J connectivity index is 0.000000328. The zero-order chi connectivity index (χ0) is 38.8. The van der Waals surface area contributed by atoms with Gasteiger partial charge in [-0.3, -0.25) is 10.1 Å². The summed E-state index contributed by atoms with van der Waals surface area (Å²) in [5.41, 5.74) is 0.0201. The summed E-state index contributed by atoms with van der Waals surface area (Å²) in [7, 11) is -4.55. The Bertz CT molecular complexity index is 1870. The second-order valence-corrected chi connectivity index (χ2v) is 16.0. The van der Waals surface area contributed by atoms with Gasteiger partial charge in [0.1, 0.15) is 17.4 Å². The van der Waals surface area contributed by atoms with Crippen molar-refractivity contribution in [2.45, 2.75) is 119 Å². The number of nitrogens with zero attached hydrogens (tertiary/aromatic N) is 4. The number of aryl methyl sites for hydroxylation is 1. The van der Waals surface area contributed by atoms with Crippen molar-refractivity contribution in [1.82, 2.24) is 15.1 Å². The lowest BCUT2D eigenvalue weighted by Crippen LogP contribution is -2.37. The van der Waals surface area contributed by atoms with Gasteiger partial charge in [0.15, 0.2) is 9.84 Å². The second-order valence-electron chi connectivity index (χ2n) is 13.8. The van der Waals surface area contributed by atoms with Crippen molar-refractivity contribution in [2.75, 3.05) is 23.3 Å². The molecule has 3 N–H and O–H groups in total. The molecule has 0 unspecified atom stereocenters. The van der Waals surface area contributed by atoms with Gasteiger partial charge in [0.05, 0.1) is 33.2 Å². The van der Waals surface area contributed by atoms with E-state index < -0.39 is 50.2 Å². The molecule has 0 radical (unpaired) electrons. The first-order valence-electron chi connectivity index (χ1n) is 18.1. The summed E-state index contributed by atoms with van der Waals surface area (Å²) in [4.78, 5) is 24.1. The number of carbonyl (C=O) groups is 2. The van der Waals surface area contributed by atoms with Crippen molar-refractivity contribution in [2.24, 2.45) is 0 Å². The largest absolute Gasteiger partial charge is 0.480 e. The molecule has 1 saturated carbocycles. The van der Waals surface area contributed by atoms with Crippen molar-refractivity contribution < 1.29 is 36.3 Å². The fourth-order valence-electron chi connectivity index (χ4n) is 6.48. The highest BCUT2D eigenvalue weighted by Crippen LogP contribution is 2.39. The van der Waals surface area contributed by atoms with Gasteiger partial charge in [0.25, 0.3) is 0 Å². The molecule has 3 aromatic rings. The molecule has 5 rings (SSSR count). The summed E-state index contributed by atoms with van der Waals surface area (Å²) in [6.45, 7) is 5.94. The monoisotopic (exact) mass is 758 g/mol. The minimum absolute atomic E-state index is 0.110. The van der Waals surface area contributed by atoms with Crippen molar-refractivity contribution in [3.05, 3.63) is 65.9 Å². The first kappa shape index (κ1) is 41.3. The molecule has 2 atom stereocenters. The third-order valence-corrected chi connectivity index (χ3v) is 11.6. The van der Waals surface area contributed by atoms with E-state index >= 15 is 0 Å². The zero-order valence-corrected chi connectivity index (χ0v) is 31.3. The number of nitriles is 1. The maximum Gasteiger partial charge on any atom is 0.417 e. The zero-order valence-electron chi connectivity index (χ0n) is 30.5. The molecule has 15 heteroatoms. The molecule has 0 spiro atoms. The number of nitrogens with one attached hydrogen (secondary N) is 2. The van der Waals surface area contributed by atoms with E-state index in [9.17, 15) is 36.3 Å². The number of alkyl halides is 3. The fraction of sp³-hybridized carbons (Fsp3) is 0.526. The molecule has 0 bridgehead atoms. The van der Waals surface area contributed by atoms with Gasteiger partial charge in [-0.05, 0) is 69.5 Å². The predicted molar refractivity (Wildman–Crippen MR) is 197 cm³/mol. The van der Waals surface area contributed by atoms with E-state index in [1.54, 1.807) is 37.3 Å². The lowest BCUT2D eigenvalue weighted by atomic mass is 10.1. The first-order chi connectivity index (χ1) is 25.1. The SMILES string of the molecule is CC(=O)Nc1cccc(-n2nc(C)cc2N2C[C@H](S(=O)(=O)c3ccccc3C(F)(F)F)C[C@@H]2C(=O)O)c1.CCCCCCCCCCNC1(C#N)CC1. The third kappa shape index (κ3) is 11.1. The number of aliphatic carboxylic acids is 1. The molecule has 53 heavy (non-hydrogen) atoms. The standard InChI is InChI=1S/C24H23F3N4O5S.C14H26N2/c1-14-10-22(31(29-14)17-7-5-6-16(11-17)28-15(2)32)30-13-18(12-20(30)23(33)34)37(35,36)21-9-4-3-8-19(21)24(25,26)27;1-2-3-4-5-6-7-8-9-12-16-14(13-15)10-11-14/h3-11,18,20H,12-13H2,1-2H3,(H,28,32)(H,33,34);16H,2-12H2,1H3/t18-,20-;/m1./s1. The minimum Gasteiger partial charge on any atom is -0.480 e. The van der Waals surface area contributed by atoms with Crippen LogP contribution in [0.5, 0.6) is 0 Å². The molecular weight excluding hydrogens is 710 g/mol. The predicted octanol–water partition coefficient (Wildman–Crippen LogP) is 7.44. The van der Waals surface area contributed by atoms with Crippen LogP contribution in [0.4, 0.5) is 24.7 Å². The smallest absolute Gasteiger partial charge is 0.417 e. The molecule has 11 nitrogen and oxygen atoms in total. The highest BCUT2D eigenvalue weighted by atomic mass is 32.2. The molecule has 2 aliphatic rings. The Labute approximate surface area is 309 Å². The van der Waals surface area contributed by atoms with Crippen molar-refractivity contribution in [3.8, 4) is 11.8 Å². The molecule has 1 aromatic heterocycles. The number of hydrogen-bond acceptors (Lipinski definition) is 8. The molecule has 1 aliphatic heterocycles. The van der Waals surface area contributed by atoms with Gasteiger partial charge in [-0.1, -0.05) is 70.1 Å². The first-order valence-corrected chi connectivity index (χ1v) is 19.7. The summed E-state index contributed by atoms with van der Waals surface area (Å²) in [6.07, 6.45) is 7.65. The molecule has 2 fully saturated rings. The van der Waals surface area contributed by atoms with Crippen LogP contribution in [0.1, 0.15) is 95.7 Å². The molecule has 1 saturated heterocycles. The number of amides is 1. The van der Waals surface area contributed by atoms with E-state index in [1.165, 1.54) is 73.9 Å². The van der Waals surface area contributed by atoms with Gasteiger partial charge < -0.3 is 15.3 Å². The van der Waals surface area contributed by atoms with Gasteiger partial charge >= 0.3 is 12.1 Å². The highest BCUT2D eigenvalue weighted by Gasteiger charge is 2.47. The second kappa shape index (κ2) is 18.1. The lowest BCUT2D eigenvalue weighted by Gasteiger charge is -2.24. The number of hydrogen-bond donors (Lipinski definition) is 3. The van der Waals surface area contributed by atoms with Crippen LogP contribution in [0.2, 0.25) is 0 Å². The number of benzene rings is 2. The van der Waals surface area contributed by atoms with E-state index in [0.29, 0.717) is 23.1 Å². The van der Waals surface area contributed by atoms with Crippen molar-refractivity contribution >= 4 is 33.2 Å². The number of halogens is 3. The topological polar surface area (TPSA) is 157 Å². The highest BCUT2D eigenvalue weighted by molar-refractivity contribution is 7.92. The summed E-state index contributed by atoms with van der Waals surface area (Å²) >= 11 is 0. The van der Waals surface area contributed by atoms with Crippen LogP contribution in [0.3, 0.4) is 0 Å². The normalized spacial score (nSPS) is 17.8. The number of carboxylic acids is 1. The molecule has 2 aromatic carbocycles. The number of rotatable bonds is 16. The maximum atomic E-state index is 13.6. The fourth-order valence-corrected chi connectivity index (χ4v) is 8.39. The van der Waals surface area contributed by atoms with Crippen molar-refractivity contribution in [3.63, 3.8) is 0 Å². The third-order valence-electron chi connectivity index (χ3n) is 9.46. The Morgan fingerprint density at radius 2 is 1.68 bits per heavy atom. The Morgan fingerprint density at radius 3 is 2.28 bits per heavy atom. The molecule has 288 valence electrons. The number of carboxylic acid groups (broad SMARTS) is 1. The van der Waals surface area contributed by atoms with Crippen LogP contribution >= 0.6 is 0 Å². The minimum atomic E-state index is -4.90. The molecule has 1 amide bonds. The maximum absolute atomic E-state index is 13.6. The number of aromatic nitrogens is 2. The average Bonchev–Trinajstić information content (AvgIpc) is 3.55. The van der Waals surface area contributed by atoms with Crippen LogP contribution in [0.15, 0.2) is 59.5 Å².